The van der Waals surface area contributed by atoms with Crippen molar-refractivity contribution in [3.63, 3.8) is 0 Å². The highest BCUT2D eigenvalue weighted by molar-refractivity contribution is 6.00. The van der Waals surface area contributed by atoms with E-state index >= 15 is 0 Å². The topological polar surface area (TPSA) is 77.5 Å². The lowest BCUT2D eigenvalue weighted by atomic mass is 9.87. The Kier molecular flexibility index (Phi) is 9.38. The van der Waals surface area contributed by atoms with E-state index in [9.17, 15) is 9.59 Å². The van der Waals surface area contributed by atoms with Crippen molar-refractivity contribution in [2.45, 2.75) is 39.3 Å². The summed E-state index contributed by atoms with van der Waals surface area (Å²) in [6.07, 6.45) is 0.535. The van der Waals surface area contributed by atoms with Crippen LogP contribution in [0.4, 0.5) is 11.4 Å². The molecule has 0 spiro atoms. The van der Waals surface area contributed by atoms with Crippen LogP contribution in [0.1, 0.15) is 36.1 Å². The Morgan fingerprint density at radius 1 is 0.727 bits per heavy atom. The number of nitrogens with zero attached hydrogens (tertiary/aromatic N) is 2. The molecule has 5 rings (SSSR count). The van der Waals surface area contributed by atoms with Crippen molar-refractivity contribution in [2.75, 3.05) is 37.2 Å². The monoisotopic (exact) mass is 594 g/mol. The number of amides is 2. The van der Waals surface area contributed by atoms with Gasteiger partial charge in [-0.15, -0.1) is 0 Å². The molecule has 0 aromatic heterocycles. The highest BCUT2D eigenvalue weighted by Gasteiger charge is 2.40. The predicted molar refractivity (Wildman–Crippen MR) is 171 cm³/mol. The summed E-state index contributed by atoms with van der Waals surface area (Å²) < 4.78 is 22.3. The number of carbonyl (C=O) groups excluding carboxylic acids is 2. The van der Waals surface area contributed by atoms with E-state index in [1.165, 1.54) is 0 Å². The van der Waals surface area contributed by atoms with Crippen molar-refractivity contribution in [1.29, 1.82) is 0 Å². The Hall–Kier alpha value is -4.98. The van der Waals surface area contributed by atoms with E-state index in [2.05, 4.69) is 0 Å². The Labute approximate surface area is 258 Å². The maximum absolute atomic E-state index is 14.1. The summed E-state index contributed by atoms with van der Waals surface area (Å²) in [6, 6.07) is 27.6. The molecule has 8 nitrogen and oxygen atoms in total. The number of benzene rings is 4. The minimum Gasteiger partial charge on any atom is -0.497 e. The van der Waals surface area contributed by atoms with E-state index in [0.29, 0.717) is 29.4 Å². The van der Waals surface area contributed by atoms with Gasteiger partial charge in [-0.05, 0) is 98.5 Å². The van der Waals surface area contributed by atoms with Crippen LogP contribution >= 0.6 is 0 Å². The van der Waals surface area contributed by atoms with E-state index in [1.807, 2.05) is 73.0 Å². The number of ether oxygens (including phenoxy) is 4. The molecule has 0 fully saturated rings. The number of hydrogen-bond donors (Lipinski definition) is 0. The first-order valence-corrected chi connectivity index (χ1v) is 14.6. The van der Waals surface area contributed by atoms with Gasteiger partial charge >= 0.3 is 0 Å². The molecule has 8 heteroatoms. The van der Waals surface area contributed by atoms with E-state index in [4.69, 9.17) is 18.9 Å². The molecule has 1 aliphatic heterocycles. The smallest absolute Gasteiger partial charge is 0.265 e. The molecule has 2 atom stereocenters. The van der Waals surface area contributed by atoms with Crippen molar-refractivity contribution in [3.05, 3.63) is 108 Å². The summed E-state index contributed by atoms with van der Waals surface area (Å²) in [4.78, 5) is 31.5. The molecule has 1 aliphatic rings. The number of hydrogen-bond acceptors (Lipinski definition) is 6. The molecule has 0 N–H and O–H groups in total. The SMILES string of the molecule is COc1ccc(OCC(=O)N2c3c(C)cccc3C(N(C(=O)COc3ccc(OC)cc3)c3ccccc3C)CC2C)cc1. The van der Waals surface area contributed by atoms with Crippen LogP contribution in [0.5, 0.6) is 23.0 Å². The molecular formula is C36H38N2O6. The van der Waals surface area contributed by atoms with Gasteiger partial charge in [0.2, 0.25) is 0 Å². The normalized spacial score (nSPS) is 15.6. The third kappa shape index (κ3) is 6.49. The average Bonchev–Trinajstić information content (AvgIpc) is 3.04. The molecule has 2 amide bonds. The number of methoxy groups -OCH3 is 2. The maximum Gasteiger partial charge on any atom is 0.265 e. The fourth-order valence-corrected chi connectivity index (χ4v) is 5.75. The van der Waals surface area contributed by atoms with Crippen LogP contribution in [-0.2, 0) is 9.59 Å². The molecule has 4 aromatic rings. The second-order valence-electron chi connectivity index (χ2n) is 10.9. The lowest BCUT2D eigenvalue weighted by Crippen LogP contribution is -2.50. The van der Waals surface area contributed by atoms with Crippen LogP contribution in [0, 0.1) is 13.8 Å². The van der Waals surface area contributed by atoms with Crippen molar-refractivity contribution >= 4 is 23.2 Å². The number of rotatable bonds is 10. The van der Waals surface area contributed by atoms with Gasteiger partial charge in [0, 0.05) is 11.7 Å². The average molecular weight is 595 g/mol. The van der Waals surface area contributed by atoms with Gasteiger partial charge in [0.15, 0.2) is 13.2 Å². The molecule has 0 bridgehead atoms. The van der Waals surface area contributed by atoms with Gasteiger partial charge in [0.25, 0.3) is 11.8 Å². The molecule has 1 heterocycles. The molecule has 0 saturated heterocycles. The number of carbonyl (C=O) groups is 2. The molecular weight excluding hydrogens is 556 g/mol. The van der Waals surface area contributed by atoms with Crippen molar-refractivity contribution in [1.82, 2.24) is 0 Å². The standard InChI is InChI=1S/C36H38N2O6/c1-24-9-6-7-12-32(24)38(35(40)23-44-30-19-15-28(42-5)16-20-30)33-21-26(3)37(36-25(2)10-8-11-31(33)36)34(39)22-43-29-17-13-27(41-4)14-18-29/h6-20,26,33H,21-23H2,1-5H3. The van der Waals surface area contributed by atoms with E-state index in [1.54, 1.807) is 62.8 Å². The summed E-state index contributed by atoms with van der Waals surface area (Å²) >= 11 is 0. The first-order valence-electron chi connectivity index (χ1n) is 14.6. The van der Waals surface area contributed by atoms with Gasteiger partial charge in [0.05, 0.1) is 25.9 Å². The third-order valence-electron chi connectivity index (χ3n) is 7.94. The molecule has 0 aliphatic carbocycles. The van der Waals surface area contributed by atoms with Gasteiger partial charge in [-0.1, -0.05) is 36.4 Å². The lowest BCUT2D eigenvalue weighted by Gasteiger charge is -2.44. The number of aryl methyl sites for hydroxylation is 2. The Balaban J connectivity index is 1.45. The van der Waals surface area contributed by atoms with E-state index < -0.39 is 0 Å². The molecule has 44 heavy (non-hydrogen) atoms. The zero-order chi connectivity index (χ0) is 31.2. The molecule has 4 aromatic carbocycles. The van der Waals surface area contributed by atoms with Crippen molar-refractivity contribution in [3.8, 4) is 23.0 Å². The number of anilines is 2. The summed E-state index contributed by atoms with van der Waals surface area (Å²) in [7, 11) is 3.21. The van der Waals surface area contributed by atoms with Gasteiger partial charge in [-0.2, -0.15) is 0 Å². The van der Waals surface area contributed by atoms with E-state index in [0.717, 1.165) is 28.1 Å². The fraction of sp³-hybridized carbons (Fsp3) is 0.278. The number of fused-ring (bicyclic) bond motifs is 1. The minimum atomic E-state index is -0.320. The Bertz CT molecular complexity index is 1600. The highest BCUT2D eigenvalue weighted by Crippen LogP contribution is 2.44. The van der Waals surface area contributed by atoms with Gasteiger partial charge in [-0.3, -0.25) is 9.59 Å². The highest BCUT2D eigenvalue weighted by atomic mass is 16.5. The molecule has 2 unspecified atom stereocenters. The quantitative estimate of drug-likeness (QED) is 0.204. The Morgan fingerprint density at radius 2 is 1.27 bits per heavy atom. The van der Waals surface area contributed by atoms with Crippen LogP contribution in [0.25, 0.3) is 0 Å². The summed E-state index contributed by atoms with van der Waals surface area (Å²) in [5.74, 6) is 2.25. The zero-order valence-electron chi connectivity index (χ0n) is 25.8. The second-order valence-corrected chi connectivity index (χ2v) is 10.9. The summed E-state index contributed by atoms with van der Waals surface area (Å²) in [6.45, 7) is 5.74. The Morgan fingerprint density at radius 3 is 1.86 bits per heavy atom. The number of para-hydroxylation sites is 2. The molecule has 228 valence electrons. The minimum absolute atomic E-state index is 0.120. The largest absolute Gasteiger partial charge is 0.497 e. The molecule has 0 radical (unpaired) electrons. The van der Waals surface area contributed by atoms with Crippen LogP contribution < -0.4 is 28.7 Å². The van der Waals surface area contributed by atoms with Crippen LogP contribution in [-0.4, -0.2) is 45.3 Å². The third-order valence-corrected chi connectivity index (χ3v) is 7.94. The lowest BCUT2D eigenvalue weighted by molar-refractivity contribution is -0.121. The maximum atomic E-state index is 14.1. The second kappa shape index (κ2) is 13.5. The first-order chi connectivity index (χ1) is 21.3. The summed E-state index contributed by atoms with van der Waals surface area (Å²) in [5, 5.41) is 0. The zero-order valence-corrected chi connectivity index (χ0v) is 25.8. The van der Waals surface area contributed by atoms with Crippen molar-refractivity contribution < 1.29 is 28.5 Å². The van der Waals surface area contributed by atoms with Gasteiger partial charge in [0.1, 0.15) is 23.0 Å². The molecule has 0 saturated carbocycles. The van der Waals surface area contributed by atoms with Crippen LogP contribution in [0.3, 0.4) is 0 Å². The predicted octanol–water partition coefficient (Wildman–Crippen LogP) is 6.68. The van der Waals surface area contributed by atoms with Gasteiger partial charge < -0.3 is 28.7 Å². The van der Waals surface area contributed by atoms with Gasteiger partial charge in [-0.25, -0.2) is 0 Å². The van der Waals surface area contributed by atoms with Crippen molar-refractivity contribution in [2.24, 2.45) is 0 Å². The fourth-order valence-electron chi connectivity index (χ4n) is 5.75. The first kappa shape index (κ1) is 30.5. The van der Waals surface area contributed by atoms with Crippen LogP contribution in [0.2, 0.25) is 0 Å². The summed E-state index contributed by atoms with van der Waals surface area (Å²) in [5.41, 5.74) is 4.44. The van der Waals surface area contributed by atoms with Crippen LogP contribution in [0.15, 0.2) is 91.0 Å². The van der Waals surface area contributed by atoms with E-state index in [-0.39, 0.29) is 37.1 Å².